The molecular formula is C9H6FN5. The van der Waals surface area contributed by atoms with Gasteiger partial charge in [-0.1, -0.05) is 0 Å². The second kappa shape index (κ2) is 3.38. The molecule has 74 valence electrons. The smallest absolute Gasteiger partial charge is 0.252 e. The lowest BCUT2D eigenvalue weighted by Gasteiger charge is -2.03. The minimum atomic E-state index is -0.420. The molecule has 0 aliphatic heterocycles. The molecule has 0 radical (unpaired) electrons. The average Bonchev–Trinajstić information content (AvgIpc) is 2.66. The Kier molecular flexibility index (Phi) is 2.06. The fraction of sp³-hybridized carbons (Fsp3) is 0. The van der Waals surface area contributed by atoms with E-state index in [0.717, 1.165) is 0 Å². The molecule has 0 aliphatic carbocycles. The zero-order valence-corrected chi connectivity index (χ0v) is 7.55. The summed E-state index contributed by atoms with van der Waals surface area (Å²) in [5.41, 5.74) is 6.32. The molecule has 6 heteroatoms. The lowest BCUT2D eigenvalue weighted by Crippen LogP contribution is -2.00. The van der Waals surface area contributed by atoms with Crippen molar-refractivity contribution in [2.24, 2.45) is 0 Å². The van der Waals surface area contributed by atoms with Crippen molar-refractivity contribution < 1.29 is 4.39 Å². The lowest BCUT2D eigenvalue weighted by molar-refractivity contribution is 0.627. The normalized spacial score (nSPS) is 9.87. The first-order valence-corrected chi connectivity index (χ1v) is 4.08. The summed E-state index contributed by atoms with van der Waals surface area (Å²) in [7, 11) is 0. The highest BCUT2D eigenvalue weighted by Gasteiger charge is 2.05. The van der Waals surface area contributed by atoms with Crippen LogP contribution in [0.25, 0.3) is 5.69 Å². The molecule has 1 heterocycles. The summed E-state index contributed by atoms with van der Waals surface area (Å²) in [6.45, 7) is 0. The van der Waals surface area contributed by atoms with Crippen molar-refractivity contribution in [1.82, 2.24) is 14.8 Å². The SMILES string of the molecule is N#Cc1ncn(-c2ccc(F)cc2N)n1. The van der Waals surface area contributed by atoms with E-state index in [2.05, 4.69) is 10.1 Å². The minimum absolute atomic E-state index is 0.0405. The van der Waals surface area contributed by atoms with Crippen molar-refractivity contribution >= 4 is 5.69 Å². The molecule has 2 rings (SSSR count). The molecule has 0 bridgehead atoms. The third-order valence-electron chi connectivity index (χ3n) is 1.83. The molecule has 0 saturated heterocycles. The largest absolute Gasteiger partial charge is 0.397 e. The fourth-order valence-corrected chi connectivity index (χ4v) is 1.16. The van der Waals surface area contributed by atoms with E-state index in [-0.39, 0.29) is 11.5 Å². The molecule has 0 aliphatic rings. The second-order valence-corrected chi connectivity index (χ2v) is 2.83. The first-order chi connectivity index (χ1) is 7.20. The third kappa shape index (κ3) is 1.62. The van der Waals surface area contributed by atoms with Crippen molar-refractivity contribution in [2.75, 3.05) is 5.73 Å². The van der Waals surface area contributed by atoms with Gasteiger partial charge in [0.2, 0.25) is 0 Å². The van der Waals surface area contributed by atoms with Gasteiger partial charge in [0.25, 0.3) is 5.82 Å². The molecule has 1 aromatic heterocycles. The topological polar surface area (TPSA) is 80.5 Å². The van der Waals surface area contributed by atoms with Crippen LogP contribution >= 0.6 is 0 Å². The van der Waals surface area contributed by atoms with Gasteiger partial charge in [-0.2, -0.15) is 5.26 Å². The molecule has 2 aromatic rings. The maximum absolute atomic E-state index is 12.8. The minimum Gasteiger partial charge on any atom is -0.397 e. The average molecular weight is 203 g/mol. The Labute approximate surface area is 84.6 Å². The molecule has 0 unspecified atom stereocenters. The number of hydrogen-bond acceptors (Lipinski definition) is 4. The van der Waals surface area contributed by atoms with Gasteiger partial charge in [-0.05, 0) is 18.2 Å². The van der Waals surface area contributed by atoms with Crippen LogP contribution in [0, 0.1) is 17.1 Å². The van der Waals surface area contributed by atoms with Crippen molar-refractivity contribution in [3.05, 3.63) is 36.2 Å². The van der Waals surface area contributed by atoms with E-state index in [0.29, 0.717) is 5.69 Å². The van der Waals surface area contributed by atoms with Crippen LogP contribution in [-0.4, -0.2) is 14.8 Å². The first kappa shape index (κ1) is 9.15. The molecule has 0 fully saturated rings. The Morgan fingerprint density at radius 1 is 1.47 bits per heavy atom. The first-order valence-electron chi connectivity index (χ1n) is 4.08. The van der Waals surface area contributed by atoms with Gasteiger partial charge in [-0.15, -0.1) is 5.10 Å². The number of benzene rings is 1. The number of aromatic nitrogens is 3. The second-order valence-electron chi connectivity index (χ2n) is 2.83. The predicted molar refractivity (Wildman–Crippen MR) is 50.4 cm³/mol. The van der Waals surface area contributed by atoms with Gasteiger partial charge in [0.15, 0.2) is 0 Å². The van der Waals surface area contributed by atoms with Crippen LogP contribution in [0.4, 0.5) is 10.1 Å². The standard InChI is InChI=1S/C9H6FN5/c10-6-1-2-8(7(12)3-6)15-5-13-9(4-11)14-15/h1-3,5H,12H2. The summed E-state index contributed by atoms with van der Waals surface area (Å²) < 4.78 is 14.1. The highest BCUT2D eigenvalue weighted by atomic mass is 19.1. The molecular weight excluding hydrogens is 197 g/mol. The third-order valence-corrected chi connectivity index (χ3v) is 1.83. The number of nitrogen functional groups attached to an aromatic ring is 1. The highest BCUT2D eigenvalue weighted by Crippen LogP contribution is 2.16. The predicted octanol–water partition coefficient (Wildman–Crippen LogP) is 0.860. The van der Waals surface area contributed by atoms with Crippen LogP contribution in [0.3, 0.4) is 0 Å². The Morgan fingerprint density at radius 2 is 2.27 bits per heavy atom. The van der Waals surface area contributed by atoms with Crippen LogP contribution in [-0.2, 0) is 0 Å². The van der Waals surface area contributed by atoms with Gasteiger partial charge in [-0.3, -0.25) is 0 Å². The maximum atomic E-state index is 12.8. The van der Waals surface area contributed by atoms with E-state index < -0.39 is 5.82 Å². The Bertz CT molecular complexity index is 540. The molecule has 0 spiro atoms. The van der Waals surface area contributed by atoms with Crippen LogP contribution < -0.4 is 5.73 Å². The maximum Gasteiger partial charge on any atom is 0.252 e. The molecule has 0 saturated carbocycles. The lowest BCUT2D eigenvalue weighted by atomic mass is 10.2. The van der Waals surface area contributed by atoms with Crippen LogP contribution in [0.2, 0.25) is 0 Å². The molecule has 1 aromatic carbocycles. The van der Waals surface area contributed by atoms with Crippen LogP contribution in [0.5, 0.6) is 0 Å². The van der Waals surface area contributed by atoms with Gasteiger partial charge in [-0.25, -0.2) is 14.1 Å². The zero-order valence-electron chi connectivity index (χ0n) is 7.55. The van der Waals surface area contributed by atoms with E-state index in [4.69, 9.17) is 11.0 Å². The Balaban J connectivity index is 2.50. The Morgan fingerprint density at radius 3 is 2.87 bits per heavy atom. The summed E-state index contributed by atoms with van der Waals surface area (Å²) >= 11 is 0. The fourth-order valence-electron chi connectivity index (χ4n) is 1.16. The van der Waals surface area contributed by atoms with Crippen molar-refractivity contribution in [3.63, 3.8) is 0 Å². The van der Waals surface area contributed by atoms with E-state index >= 15 is 0 Å². The summed E-state index contributed by atoms with van der Waals surface area (Å²) in [5, 5.41) is 12.4. The summed E-state index contributed by atoms with van der Waals surface area (Å²) in [6, 6.07) is 5.71. The van der Waals surface area contributed by atoms with E-state index in [9.17, 15) is 4.39 Å². The summed E-state index contributed by atoms with van der Waals surface area (Å²) in [6.07, 6.45) is 1.35. The quantitative estimate of drug-likeness (QED) is 0.697. The van der Waals surface area contributed by atoms with Gasteiger partial charge in [0, 0.05) is 0 Å². The van der Waals surface area contributed by atoms with Crippen molar-refractivity contribution in [2.45, 2.75) is 0 Å². The summed E-state index contributed by atoms with van der Waals surface area (Å²) in [5.74, 6) is -0.379. The van der Waals surface area contributed by atoms with Crippen molar-refractivity contribution in [3.8, 4) is 11.8 Å². The molecule has 5 nitrogen and oxygen atoms in total. The number of hydrogen-bond donors (Lipinski definition) is 1. The number of nitrogens with two attached hydrogens (primary N) is 1. The van der Waals surface area contributed by atoms with Crippen LogP contribution in [0.1, 0.15) is 5.82 Å². The number of nitriles is 1. The van der Waals surface area contributed by atoms with Gasteiger partial charge < -0.3 is 5.73 Å². The number of rotatable bonds is 1. The number of halogens is 1. The number of anilines is 1. The molecule has 0 atom stereocenters. The highest BCUT2D eigenvalue weighted by molar-refractivity contribution is 5.57. The number of nitrogens with zero attached hydrogens (tertiary/aromatic N) is 4. The van der Waals surface area contributed by atoms with E-state index in [1.807, 2.05) is 0 Å². The monoisotopic (exact) mass is 203 g/mol. The van der Waals surface area contributed by atoms with E-state index in [1.54, 1.807) is 6.07 Å². The van der Waals surface area contributed by atoms with E-state index in [1.165, 1.54) is 29.2 Å². The van der Waals surface area contributed by atoms with Crippen LogP contribution in [0.15, 0.2) is 24.5 Å². The molecule has 15 heavy (non-hydrogen) atoms. The molecule has 0 amide bonds. The zero-order chi connectivity index (χ0) is 10.8. The summed E-state index contributed by atoms with van der Waals surface area (Å²) in [4.78, 5) is 3.72. The Hall–Kier alpha value is -2.42. The molecule has 2 N–H and O–H groups in total. The van der Waals surface area contributed by atoms with Crippen molar-refractivity contribution in [1.29, 1.82) is 5.26 Å². The van der Waals surface area contributed by atoms with Gasteiger partial charge in [0.05, 0.1) is 11.4 Å². The van der Waals surface area contributed by atoms with Gasteiger partial charge in [0.1, 0.15) is 18.2 Å². The van der Waals surface area contributed by atoms with Gasteiger partial charge >= 0.3 is 0 Å².